The zero-order valence-electron chi connectivity index (χ0n) is 7.76. The van der Waals surface area contributed by atoms with Gasteiger partial charge in [0.05, 0.1) is 17.9 Å². The van der Waals surface area contributed by atoms with Gasteiger partial charge in [-0.15, -0.1) is 0 Å². The first-order valence-corrected chi connectivity index (χ1v) is 4.21. The normalized spacial score (nSPS) is 10.4. The first-order valence-electron chi connectivity index (χ1n) is 4.21. The van der Waals surface area contributed by atoms with E-state index in [-0.39, 0.29) is 17.0 Å². The topological polar surface area (TPSA) is 47.3 Å². The van der Waals surface area contributed by atoms with Gasteiger partial charge in [-0.25, -0.2) is 8.78 Å². The molecule has 0 aliphatic rings. The van der Waals surface area contributed by atoms with Crippen molar-refractivity contribution in [2.75, 3.05) is 12.0 Å². The molecule has 0 aromatic heterocycles. The molecule has 3 nitrogen and oxygen atoms in total. The Labute approximate surface area is 80.8 Å². The Morgan fingerprint density at radius 1 is 1.50 bits per heavy atom. The Bertz CT molecular complexity index is 305. The summed E-state index contributed by atoms with van der Waals surface area (Å²) in [5.41, 5.74) is 2.20. The molecule has 0 bridgehead atoms. The van der Waals surface area contributed by atoms with Gasteiger partial charge in [0.2, 0.25) is 0 Å². The zero-order valence-corrected chi connectivity index (χ0v) is 7.76. The average molecular weight is 202 g/mol. The second-order valence-electron chi connectivity index (χ2n) is 2.60. The molecule has 0 spiro atoms. The van der Waals surface area contributed by atoms with Crippen molar-refractivity contribution >= 4 is 5.69 Å². The standard InChI is InChI=1S/C9H12F2N2O/c1-2-14-7-5-3-4-6(13-12)8(7)9(10)11/h3-5,9,13H,2,12H2,1H3. The smallest absolute Gasteiger partial charge is 0.269 e. The quantitative estimate of drug-likeness (QED) is 0.581. The predicted molar refractivity (Wildman–Crippen MR) is 50.4 cm³/mol. The molecule has 0 atom stereocenters. The number of hydrazine groups is 1. The largest absolute Gasteiger partial charge is 0.493 e. The summed E-state index contributed by atoms with van der Waals surface area (Å²) in [5.74, 6) is 5.28. The molecule has 1 rings (SSSR count). The van der Waals surface area contributed by atoms with Crippen molar-refractivity contribution in [2.24, 2.45) is 5.84 Å². The van der Waals surface area contributed by atoms with E-state index in [1.807, 2.05) is 0 Å². The monoisotopic (exact) mass is 202 g/mol. The molecule has 0 fully saturated rings. The number of alkyl halides is 2. The molecule has 0 radical (unpaired) electrons. The van der Waals surface area contributed by atoms with E-state index < -0.39 is 6.43 Å². The molecule has 0 saturated heterocycles. The van der Waals surface area contributed by atoms with Crippen LogP contribution in [0.4, 0.5) is 14.5 Å². The molecule has 0 heterocycles. The summed E-state index contributed by atoms with van der Waals surface area (Å²) in [6.07, 6.45) is -2.61. The molecule has 0 saturated carbocycles. The van der Waals surface area contributed by atoms with Gasteiger partial charge in [-0.2, -0.15) is 0 Å². The van der Waals surface area contributed by atoms with Gasteiger partial charge >= 0.3 is 0 Å². The van der Waals surface area contributed by atoms with Crippen molar-refractivity contribution in [1.82, 2.24) is 0 Å². The number of ether oxygens (including phenoxy) is 1. The number of nitrogen functional groups attached to an aromatic ring is 1. The van der Waals surface area contributed by atoms with Gasteiger partial charge in [0.1, 0.15) is 5.75 Å². The van der Waals surface area contributed by atoms with Crippen molar-refractivity contribution < 1.29 is 13.5 Å². The molecule has 0 unspecified atom stereocenters. The number of nitrogens with two attached hydrogens (primary N) is 1. The first-order chi connectivity index (χ1) is 6.70. The molecule has 5 heteroatoms. The van der Waals surface area contributed by atoms with Crippen LogP contribution in [0.2, 0.25) is 0 Å². The second-order valence-corrected chi connectivity index (χ2v) is 2.60. The fourth-order valence-corrected chi connectivity index (χ4v) is 1.18. The summed E-state index contributed by atoms with van der Waals surface area (Å²) in [6, 6.07) is 4.57. The minimum Gasteiger partial charge on any atom is -0.493 e. The molecular weight excluding hydrogens is 190 g/mol. The van der Waals surface area contributed by atoms with Gasteiger partial charge in [-0.1, -0.05) is 6.07 Å². The SMILES string of the molecule is CCOc1cccc(NN)c1C(F)F. The average Bonchev–Trinajstić information content (AvgIpc) is 2.17. The van der Waals surface area contributed by atoms with E-state index in [2.05, 4.69) is 5.43 Å². The summed E-state index contributed by atoms with van der Waals surface area (Å²) in [5, 5.41) is 0. The Morgan fingerprint density at radius 2 is 2.21 bits per heavy atom. The van der Waals surface area contributed by atoms with Crippen LogP contribution in [0, 0.1) is 0 Å². The summed E-state index contributed by atoms with van der Waals surface area (Å²) in [7, 11) is 0. The molecule has 0 aliphatic heterocycles. The van der Waals surface area contributed by atoms with E-state index >= 15 is 0 Å². The first kappa shape index (κ1) is 10.7. The molecule has 14 heavy (non-hydrogen) atoms. The van der Waals surface area contributed by atoms with E-state index in [4.69, 9.17) is 10.6 Å². The number of rotatable bonds is 4. The van der Waals surface area contributed by atoms with Crippen molar-refractivity contribution in [3.8, 4) is 5.75 Å². The lowest BCUT2D eigenvalue weighted by Crippen LogP contribution is -2.10. The van der Waals surface area contributed by atoms with Crippen LogP contribution in [0.3, 0.4) is 0 Å². The lowest BCUT2D eigenvalue weighted by atomic mass is 10.1. The van der Waals surface area contributed by atoms with Gasteiger partial charge in [0, 0.05) is 0 Å². The molecule has 78 valence electrons. The molecule has 1 aromatic rings. The van der Waals surface area contributed by atoms with Crippen LogP contribution >= 0.6 is 0 Å². The maximum atomic E-state index is 12.6. The van der Waals surface area contributed by atoms with Gasteiger partial charge in [0.25, 0.3) is 6.43 Å². The highest BCUT2D eigenvalue weighted by Crippen LogP contribution is 2.34. The van der Waals surface area contributed by atoms with E-state index in [9.17, 15) is 8.78 Å². The molecular formula is C9H12F2N2O. The maximum absolute atomic E-state index is 12.6. The third-order valence-corrected chi connectivity index (χ3v) is 1.74. The van der Waals surface area contributed by atoms with Crippen LogP contribution < -0.4 is 16.0 Å². The Balaban J connectivity index is 3.14. The number of hydrogen-bond acceptors (Lipinski definition) is 3. The lowest BCUT2D eigenvalue weighted by molar-refractivity contribution is 0.146. The third-order valence-electron chi connectivity index (χ3n) is 1.74. The Morgan fingerprint density at radius 3 is 2.71 bits per heavy atom. The van der Waals surface area contributed by atoms with Gasteiger partial charge in [-0.3, -0.25) is 5.84 Å². The summed E-state index contributed by atoms with van der Waals surface area (Å²) < 4.78 is 30.3. The Hall–Kier alpha value is -1.36. The summed E-state index contributed by atoms with van der Waals surface area (Å²) >= 11 is 0. The number of nitrogens with one attached hydrogen (secondary N) is 1. The van der Waals surface area contributed by atoms with Crippen molar-refractivity contribution in [1.29, 1.82) is 0 Å². The minimum absolute atomic E-state index is 0.165. The predicted octanol–water partition coefficient (Wildman–Crippen LogP) is 2.31. The number of halogens is 2. The lowest BCUT2D eigenvalue weighted by Gasteiger charge is -2.13. The minimum atomic E-state index is -2.61. The number of benzene rings is 1. The van der Waals surface area contributed by atoms with Crippen molar-refractivity contribution in [3.63, 3.8) is 0 Å². The molecule has 3 N–H and O–H groups in total. The molecule has 1 aromatic carbocycles. The fraction of sp³-hybridized carbons (Fsp3) is 0.333. The van der Waals surface area contributed by atoms with Crippen molar-refractivity contribution in [2.45, 2.75) is 13.3 Å². The van der Waals surface area contributed by atoms with Crippen LogP contribution in [0.15, 0.2) is 18.2 Å². The van der Waals surface area contributed by atoms with Crippen LogP contribution in [0.5, 0.6) is 5.75 Å². The van der Waals surface area contributed by atoms with Crippen molar-refractivity contribution in [3.05, 3.63) is 23.8 Å². The van der Waals surface area contributed by atoms with E-state index in [1.54, 1.807) is 13.0 Å². The third kappa shape index (κ3) is 2.11. The van der Waals surface area contributed by atoms with Crippen LogP contribution in [-0.2, 0) is 0 Å². The molecule has 0 amide bonds. The summed E-state index contributed by atoms with van der Waals surface area (Å²) in [4.78, 5) is 0. The maximum Gasteiger partial charge on any atom is 0.269 e. The highest BCUT2D eigenvalue weighted by Gasteiger charge is 2.18. The van der Waals surface area contributed by atoms with Gasteiger partial charge in [0.15, 0.2) is 0 Å². The highest BCUT2D eigenvalue weighted by molar-refractivity contribution is 5.57. The highest BCUT2D eigenvalue weighted by atomic mass is 19.3. The van der Waals surface area contributed by atoms with Crippen LogP contribution in [-0.4, -0.2) is 6.61 Å². The van der Waals surface area contributed by atoms with E-state index in [0.29, 0.717) is 6.61 Å². The van der Waals surface area contributed by atoms with E-state index in [0.717, 1.165) is 0 Å². The Kier molecular flexibility index (Phi) is 3.64. The number of anilines is 1. The number of hydrogen-bond donors (Lipinski definition) is 2. The fourth-order valence-electron chi connectivity index (χ4n) is 1.18. The zero-order chi connectivity index (χ0) is 10.6. The van der Waals surface area contributed by atoms with Gasteiger partial charge in [-0.05, 0) is 19.1 Å². The van der Waals surface area contributed by atoms with Crippen LogP contribution in [0.1, 0.15) is 18.9 Å². The second kappa shape index (κ2) is 4.76. The van der Waals surface area contributed by atoms with Crippen LogP contribution in [0.25, 0.3) is 0 Å². The summed E-state index contributed by atoms with van der Waals surface area (Å²) in [6.45, 7) is 2.07. The molecule has 0 aliphatic carbocycles. The van der Waals surface area contributed by atoms with E-state index in [1.165, 1.54) is 12.1 Å². The van der Waals surface area contributed by atoms with Gasteiger partial charge < -0.3 is 10.2 Å².